The summed E-state index contributed by atoms with van der Waals surface area (Å²) in [6, 6.07) is 1.70. The van der Waals surface area contributed by atoms with Gasteiger partial charge in [0.2, 0.25) is 0 Å². The molecule has 5 nitrogen and oxygen atoms in total. The van der Waals surface area contributed by atoms with Crippen molar-refractivity contribution in [1.29, 1.82) is 0 Å². The van der Waals surface area contributed by atoms with E-state index < -0.39 is 0 Å². The second-order valence-electron chi connectivity index (χ2n) is 2.66. The zero-order valence-corrected chi connectivity index (χ0v) is 9.06. The summed E-state index contributed by atoms with van der Waals surface area (Å²) >= 11 is 3.25. The average Bonchev–Trinajstić information content (AvgIpc) is 2.22. The molecule has 2 rings (SSSR count). The molecule has 0 saturated heterocycles. The van der Waals surface area contributed by atoms with Crippen molar-refractivity contribution in [2.45, 2.75) is 0 Å². The smallest absolute Gasteiger partial charge is 0.311 e. The predicted molar refractivity (Wildman–Crippen MR) is 56.9 cm³/mol. The molecule has 0 aliphatic rings. The lowest BCUT2D eigenvalue weighted by Gasteiger charge is -2.02. The Labute approximate surface area is 93.3 Å². The second-order valence-corrected chi connectivity index (χ2v) is 3.58. The highest BCUT2D eigenvalue weighted by atomic mass is 79.9. The summed E-state index contributed by atoms with van der Waals surface area (Å²) < 4.78 is 6.01. The highest BCUT2D eigenvalue weighted by molar-refractivity contribution is 9.10. The van der Waals surface area contributed by atoms with Gasteiger partial charge in [0.05, 0.1) is 6.20 Å². The molecule has 0 saturated carbocycles. The standard InChI is InChI=1S/C9H6BrN3O2/c10-6-3-7(5-11-4-6)15-9-8(14)12-1-2-13-9/h1-5H,(H,12,14). The van der Waals surface area contributed by atoms with Crippen LogP contribution in [0.5, 0.6) is 11.6 Å². The number of pyridine rings is 1. The lowest BCUT2D eigenvalue weighted by molar-refractivity contribution is 0.452. The van der Waals surface area contributed by atoms with Crippen LogP contribution < -0.4 is 10.3 Å². The van der Waals surface area contributed by atoms with E-state index in [1.165, 1.54) is 18.6 Å². The molecular weight excluding hydrogens is 262 g/mol. The third-order valence-corrected chi connectivity index (χ3v) is 2.00. The third-order valence-electron chi connectivity index (χ3n) is 1.57. The van der Waals surface area contributed by atoms with Crippen LogP contribution in [0.3, 0.4) is 0 Å². The lowest BCUT2D eigenvalue weighted by atomic mass is 10.5. The normalized spacial score (nSPS) is 9.93. The first-order chi connectivity index (χ1) is 7.25. The summed E-state index contributed by atoms with van der Waals surface area (Å²) in [6.07, 6.45) is 6.00. The van der Waals surface area contributed by atoms with Gasteiger partial charge < -0.3 is 9.72 Å². The molecule has 0 fully saturated rings. The van der Waals surface area contributed by atoms with Crippen LogP contribution in [0.25, 0.3) is 0 Å². The number of aromatic amines is 1. The van der Waals surface area contributed by atoms with Gasteiger partial charge in [-0.15, -0.1) is 0 Å². The molecule has 0 aliphatic carbocycles. The van der Waals surface area contributed by atoms with Crippen LogP contribution in [0.1, 0.15) is 0 Å². The van der Waals surface area contributed by atoms with Gasteiger partial charge >= 0.3 is 5.56 Å². The monoisotopic (exact) mass is 267 g/mol. The van der Waals surface area contributed by atoms with E-state index in [1.807, 2.05) is 0 Å². The number of aromatic nitrogens is 3. The number of rotatable bonds is 2. The van der Waals surface area contributed by atoms with Gasteiger partial charge in [0.25, 0.3) is 5.88 Å². The van der Waals surface area contributed by atoms with Crippen LogP contribution in [0.15, 0.2) is 40.1 Å². The summed E-state index contributed by atoms with van der Waals surface area (Å²) in [4.78, 5) is 21.4. The van der Waals surface area contributed by atoms with Crippen molar-refractivity contribution in [3.8, 4) is 11.6 Å². The van der Waals surface area contributed by atoms with E-state index in [1.54, 1.807) is 12.3 Å². The van der Waals surface area contributed by atoms with Crippen molar-refractivity contribution in [3.63, 3.8) is 0 Å². The highest BCUT2D eigenvalue weighted by Crippen LogP contribution is 2.19. The molecular formula is C9H6BrN3O2. The van der Waals surface area contributed by atoms with Gasteiger partial charge in [0, 0.05) is 23.1 Å². The maximum atomic E-state index is 11.2. The second kappa shape index (κ2) is 4.22. The zero-order chi connectivity index (χ0) is 10.7. The Morgan fingerprint density at radius 2 is 2.27 bits per heavy atom. The van der Waals surface area contributed by atoms with Crippen molar-refractivity contribution >= 4 is 15.9 Å². The molecule has 6 heteroatoms. The fraction of sp³-hybridized carbons (Fsp3) is 0. The van der Waals surface area contributed by atoms with Crippen molar-refractivity contribution in [2.24, 2.45) is 0 Å². The van der Waals surface area contributed by atoms with Gasteiger partial charge in [-0.1, -0.05) is 0 Å². The van der Waals surface area contributed by atoms with Gasteiger partial charge in [-0.05, 0) is 22.0 Å². The molecule has 76 valence electrons. The first-order valence-corrected chi connectivity index (χ1v) is 4.87. The van der Waals surface area contributed by atoms with E-state index >= 15 is 0 Å². The summed E-state index contributed by atoms with van der Waals surface area (Å²) in [5.74, 6) is 0.450. The van der Waals surface area contributed by atoms with Crippen LogP contribution in [-0.4, -0.2) is 15.0 Å². The van der Waals surface area contributed by atoms with E-state index in [-0.39, 0.29) is 11.4 Å². The van der Waals surface area contributed by atoms with Crippen LogP contribution in [0, 0.1) is 0 Å². The summed E-state index contributed by atoms with van der Waals surface area (Å²) in [6.45, 7) is 0. The number of H-pyrrole nitrogens is 1. The SMILES string of the molecule is O=c1[nH]ccnc1Oc1cncc(Br)c1. The molecule has 2 heterocycles. The maximum Gasteiger partial charge on any atom is 0.311 e. The largest absolute Gasteiger partial charge is 0.433 e. The van der Waals surface area contributed by atoms with Crippen LogP contribution in [0.4, 0.5) is 0 Å². The molecule has 0 atom stereocenters. The van der Waals surface area contributed by atoms with Gasteiger partial charge in [0.15, 0.2) is 0 Å². The topological polar surface area (TPSA) is 67.9 Å². The van der Waals surface area contributed by atoms with Crippen molar-refractivity contribution < 1.29 is 4.74 Å². The molecule has 15 heavy (non-hydrogen) atoms. The summed E-state index contributed by atoms with van der Waals surface area (Å²) in [5, 5.41) is 0. The number of nitrogens with one attached hydrogen (secondary N) is 1. The minimum Gasteiger partial charge on any atom is -0.433 e. The number of hydrogen-bond acceptors (Lipinski definition) is 4. The van der Waals surface area contributed by atoms with E-state index in [2.05, 4.69) is 30.9 Å². The van der Waals surface area contributed by atoms with E-state index in [4.69, 9.17) is 4.74 Å². The number of halogens is 1. The van der Waals surface area contributed by atoms with Crippen molar-refractivity contribution in [3.05, 3.63) is 45.7 Å². The Morgan fingerprint density at radius 1 is 1.40 bits per heavy atom. The fourth-order valence-electron chi connectivity index (χ4n) is 0.971. The van der Waals surface area contributed by atoms with Crippen molar-refractivity contribution in [2.75, 3.05) is 0 Å². The van der Waals surface area contributed by atoms with Crippen molar-refractivity contribution in [1.82, 2.24) is 15.0 Å². The minimum atomic E-state index is -0.377. The Bertz CT molecular complexity index is 527. The summed E-state index contributed by atoms with van der Waals surface area (Å²) in [7, 11) is 0. The van der Waals surface area contributed by atoms with Gasteiger partial charge in [-0.2, -0.15) is 0 Å². The van der Waals surface area contributed by atoms with E-state index in [0.717, 1.165) is 4.47 Å². The third kappa shape index (κ3) is 2.41. The van der Waals surface area contributed by atoms with Gasteiger partial charge in [0.1, 0.15) is 5.75 Å². The molecule has 2 aromatic heterocycles. The number of nitrogens with zero attached hydrogens (tertiary/aromatic N) is 2. The Kier molecular flexibility index (Phi) is 2.77. The maximum absolute atomic E-state index is 11.2. The molecule has 0 spiro atoms. The molecule has 1 N–H and O–H groups in total. The highest BCUT2D eigenvalue weighted by Gasteiger charge is 2.03. The Balaban J connectivity index is 2.30. The van der Waals surface area contributed by atoms with E-state index in [9.17, 15) is 4.79 Å². The molecule has 0 aromatic carbocycles. The summed E-state index contributed by atoms with van der Waals surface area (Å²) in [5.41, 5.74) is -0.377. The Hall–Kier alpha value is -1.69. The quantitative estimate of drug-likeness (QED) is 0.900. The molecule has 0 radical (unpaired) electrons. The predicted octanol–water partition coefficient (Wildman–Crippen LogP) is 1.72. The molecule has 2 aromatic rings. The van der Waals surface area contributed by atoms with Gasteiger partial charge in [-0.3, -0.25) is 9.78 Å². The zero-order valence-electron chi connectivity index (χ0n) is 7.48. The van der Waals surface area contributed by atoms with E-state index in [0.29, 0.717) is 5.75 Å². The first kappa shape index (κ1) is 9.85. The van der Waals surface area contributed by atoms with Crippen LogP contribution in [0.2, 0.25) is 0 Å². The first-order valence-electron chi connectivity index (χ1n) is 4.08. The van der Waals surface area contributed by atoms with Gasteiger partial charge in [-0.25, -0.2) is 4.98 Å². The molecule has 0 bridgehead atoms. The molecule has 0 amide bonds. The Morgan fingerprint density at radius 3 is 3.00 bits per heavy atom. The minimum absolute atomic E-state index is 0.00241. The average molecular weight is 268 g/mol. The van der Waals surface area contributed by atoms with Crippen LogP contribution in [-0.2, 0) is 0 Å². The molecule has 0 unspecified atom stereocenters. The lowest BCUT2D eigenvalue weighted by Crippen LogP contribution is -2.09. The fourth-order valence-corrected chi connectivity index (χ4v) is 1.31. The van der Waals surface area contributed by atoms with Crippen LogP contribution >= 0.6 is 15.9 Å². The number of hydrogen-bond donors (Lipinski definition) is 1. The number of ether oxygens (including phenoxy) is 1. The molecule has 0 aliphatic heterocycles.